The first-order chi connectivity index (χ1) is 12.2. The van der Waals surface area contributed by atoms with Crippen LogP contribution in [0.25, 0.3) is 0 Å². The Bertz CT molecular complexity index is 814. The second-order valence-electron chi connectivity index (χ2n) is 6.23. The van der Waals surface area contributed by atoms with Crippen molar-refractivity contribution >= 4 is 23.5 Å². The molecule has 0 aliphatic heterocycles. The van der Waals surface area contributed by atoms with Gasteiger partial charge >= 0.3 is 5.97 Å². The van der Waals surface area contributed by atoms with Gasteiger partial charge in [-0.1, -0.05) is 29.8 Å². The van der Waals surface area contributed by atoms with Crippen molar-refractivity contribution in [1.29, 1.82) is 0 Å². The highest BCUT2D eigenvalue weighted by molar-refractivity contribution is 6.31. The summed E-state index contributed by atoms with van der Waals surface area (Å²) in [4.78, 5) is 27.2. The average molecular weight is 379 g/mol. The van der Waals surface area contributed by atoms with Crippen LogP contribution in [0.15, 0.2) is 24.3 Å². The molecule has 2 aromatic rings. The summed E-state index contributed by atoms with van der Waals surface area (Å²) >= 11 is 6.11. The molecule has 3 N–H and O–H groups in total. The molecule has 140 valence electrons. The Kier molecular flexibility index (Phi) is 6.45. The number of benzene rings is 1. The molecule has 1 amide bonds. The summed E-state index contributed by atoms with van der Waals surface area (Å²) in [6.45, 7) is 6.51. The number of esters is 1. The average Bonchev–Trinajstić information content (AvgIpc) is 2.87. The fourth-order valence-corrected chi connectivity index (χ4v) is 3.29. The lowest BCUT2D eigenvalue weighted by molar-refractivity contribution is -0.124. The topological polar surface area (TPSA) is 91.4 Å². The Balaban J connectivity index is 1.96. The van der Waals surface area contributed by atoms with Crippen molar-refractivity contribution in [3.05, 3.63) is 57.4 Å². The fourth-order valence-electron chi connectivity index (χ4n) is 2.99. The van der Waals surface area contributed by atoms with Crippen LogP contribution in [0.1, 0.15) is 58.9 Å². The molecule has 0 unspecified atom stereocenters. The molecule has 7 heteroatoms. The zero-order chi connectivity index (χ0) is 19.4. The van der Waals surface area contributed by atoms with E-state index in [-0.39, 0.29) is 11.7 Å². The molecule has 6 nitrogen and oxygen atoms in total. The van der Waals surface area contributed by atoms with Crippen molar-refractivity contribution in [2.45, 2.75) is 39.8 Å². The third kappa shape index (κ3) is 4.45. The molecule has 26 heavy (non-hydrogen) atoms. The third-order valence-corrected chi connectivity index (χ3v) is 4.55. The summed E-state index contributed by atoms with van der Waals surface area (Å²) < 4.78 is 5.09. The highest BCUT2D eigenvalue weighted by atomic mass is 35.5. The number of amides is 1. The lowest BCUT2D eigenvalue weighted by Crippen LogP contribution is -2.31. The van der Waals surface area contributed by atoms with Gasteiger partial charge in [0.25, 0.3) is 5.91 Å². The number of halogens is 1. The number of rotatable bonds is 6. The van der Waals surface area contributed by atoms with Gasteiger partial charge in [-0.3, -0.25) is 4.79 Å². The highest BCUT2D eigenvalue weighted by Crippen LogP contribution is 2.25. The van der Waals surface area contributed by atoms with Crippen LogP contribution in [0.3, 0.4) is 0 Å². The van der Waals surface area contributed by atoms with Crippen LogP contribution in [0.5, 0.6) is 0 Å². The van der Waals surface area contributed by atoms with Crippen molar-refractivity contribution in [2.75, 3.05) is 6.61 Å². The zero-order valence-corrected chi connectivity index (χ0v) is 16.0. The van der Waals surface area contributed by atoms with Crippen LogP contribution in [-0.2, 0) is 9.53 Å². The maximum atomic E-state index is 12.2. The summed E-state index contributed by atoms with van der Waals surface area (Å²) in [5.74, 6) is -1.07. The van der Waals surface area contributed by atoms with E-state index in [2.05, 4.69) is 10.3 Å². The lowest BCUT2D eigenvalue weighted by Gasteiger charge is -2.15. The van der Waals surface area contributed by atoms with Gasteiger partial charge in [0.05, 0.1) is 12.1 Å². The van der Waals surface area contributed by atoms with E-state index in [0.29, 0.717) is 21.8 Å². The molecule has 2 atom stereocenters. The SMILES string of the molecule is Cc1[nH]c(C(=O)OCC(=O)N[C@H](C)c2ccccc2Cl)c(C)c1[C@@H](C)O. The van der Waals surface area contributed by atoms with E-state index in [1.165, 1.54) is 0 Å². The molecule has 1 aromatic carbocycles. The normalized spacial score (nSPS) is 13.2. The van der Waals surface area contributed by atoms with Gasteiger partial charge in [0.15, 0.2) is 6.61 Å². The Morgan fingerprint density at radius 2 is 1.92 bits per heavy atom. The maximum Gasteiger partial charge on any atom is 0.355 e. The van der Waals surface area contributed by atoms with E-state index in [0.717, 1.165) is 5.56 Å². The molecule has 0 aliphatic rings. The summed E-state index contributed by atoms with van der Waals surface area (Å²) in [6, 6.07) is 6.90. The number of aromatic amines is 1. The minimum atomic E-state index is -0.701. The molecule has 2 rings (SSSR count). The van der Waals surface area contributed by atoms with Crippen molar-refractivity contribution < 1.29 is 19.4 Å². The number of carbonyl (C=O) groups is 2. The predicted octanol–water partition coefficient (Wildman–Crippen LogP) is 3.37. The molecular formula is C19H23ClN2O4. The maximum absolute atomic E-state index is 12.2. The van der Waals surface area contributed by atoms with Crippen LogP contribution in [0.2, 0.25) is 5.02 Å². The van der Waals surface area contributed by atoms with Gasteiger partial charge in [-0.05, 0) is 44.9 Å². The summed E-state index contributed by atoms with van der Waals surface area (Å²) in [5.41, 5.74) is 3.00. The van der Waals surface area contributed by atoms with Gasteiger partial charge in [0.1, 0.15) is 5.69 Å². The van der Waals surface area contributed by atoms with Crippen LogP contribution in [-0.4, -0.2) is 28.6 Å². The summed E-state index contributed by atoms with van der Waals surface area (Å²) in [6.07, 6.45) is -0.701. The molecule has 0 saturated carbocycles. The molecule has 0 radical (unpaired) electrons. The van der Waals surface area contributed by atoms with E-state index in [1.807, 2.05) is 18.2 Å². The van der Waals surface area contributed by atoms with E-state index in [4.69, 9.17) is 16.3 Å². The Morgan fingerprint density at radius 3 is 2.50 bits per heavy atom. The Morgan fingerprint density at radius 1 is 1.27 bits per heavy atom. The molecule has 1 heterocycles. The van der Waals surface area contributed by atoms with E-state index < -0.39 is 24.6 Å². The molecular weight excluding hydrogens is 356 g/mol. The smallest absolute Gasteiger partial charge is 0.355 e. The quantitative estimate of drug-likeness (QED) is 0.672. The predicted molar refractivity (Wildman–Crippen MR) is 99.2 cm³/mol. The summed E-state index contributed by atoms with van der Waals surface area (Å²) in [5, 5.41) is 13.1. The number of hydrogen-bond acceptors (Lipinski definition) is 4. The molecule has 0 bridgehead atoms. The highest BCUT2D eigenvalue weighted by Gasteiger charge is 2.22. The minimum absolute atomic E-state index is 0.241. The number of hydrogen-bond donors (Lipinski definition) is 3. The van der Waals surface area contributed by atoms with Gasteiger partial charge in [-0.2, -0.15) is 0 Å². The number of nitrogens with one attached hydrogen (secondary N) is 2. The first-order valence-corrected chi connectivity index (χ1v) is 8.68. The number of H-pyrrole nitrogens is 1. The lowest BCUT2D eigenvalue weighted by atomic mass is 10.1. The van der Waals surface area contributed by atoms with Crippen molar-refractivity contribution in [3.8, 4) is 0 Å². The third-order valence-electron chi connectivity index (χ3n) is 4.20. The number of aliphatic hydroxyl groups is 1. The largest absolute Gasteiger partial charge is 0.451 e. The molecule has 0 saturated heterocycles. The number of aryl methyl sites for hydroxylation is 1. The zero-order valence-electron chi connectivity index (χ0n) is 15.2. The van der Waals surface area contributed by atoms with Gasteiger partial charge in [-0.25, -0.2) is 4.79 Å². The fraction of sp³-hybridized carbons (Fsp3) is 0.368. The van der Waals surface area contributed by atoms with Crippen LogP contribution >= 0.6 is 11.6 Å². The first-order valence-electron chi connectivity index (χ1n) is 8.30. The second kappa shape index (κ2) is 8.38. The second-order valence-corrected chi connectivity index (χ2v) is 6.63. The monoisotopic (exact) mass is 378 g/mol. The number of carbonyl (C=O) groups excluding carboxylic acids is 2. The van der Waals surface area contributed by atoms with Gasteiger partial charge in [-0.15, -0.1) is 0 Å². The first kappa shape index (κ1) is 20.0. The van der Waals surface area contributed by atoms with Gasteiger partial charge < -0.3 is 20.1 Å². The van der Waals surface area contributed by atoms with Gasteiger partial charge in [0.2, 0.25) is 0 Å². The molecule has 1 aromatic heterocycles. The number of aromatic nitrogens is 1. The number of ether oxygens (including phenoxy) is 1. The van der Waals surface area contributed by atoms with Crippen molar-refractivity contribution in [3.63, 3.8) is 0 Å². The Labute approximate surface area is 157 Å². The molecule has 0 aliphatic carbocycles. The Hall–Kier alpha value is -2.31. The molecule has 0 spiro atoms. The van der Waals surface area contributed by atoms with E-state index in [1.54, 1.807) is 33.8 Å². The standard InChI is InChI=1S/C19H23ClN2O4/c1-10-17(13(4)23)12(3)22-18(10)19(25)26-9-16(24)21-11(2)14-7-5-6-8-15(14)20/h5-8,11,13,22-23H,9H2,1-4H3,(H,21,24)/t11-,13-/m1/s1. The molecule has 0 fully saturated rings. The number of aliphatic hydroxyl groups excluding tert-OH is 1. The van der Waals surface area contributed by atoms with Crippen LogP contribution < -0.4 is 5.32 Å². The van der Waals surface area contributed by atoms with Crippen molar-refractivity contribution in [1.82, 2.24) is 10.3 Å². The van der Waals surface area contributed by atoms with E-state index in [9.17, 15) is 14.7 Å². The van der Waals surface area contributed by atoms with Crippen LogP contribution in [0, 0.1) is 13.8 Å². The van der Waals surface area contributed by atoms with E-state index >= 15 is 0 Å². The summed E-state index contributed by atoms with van der Waals surface area (Å²) in [7, 11) is 0. The van der Waals surface area contributed by atoms with Gasteiger partial charge in [0, 0.05) is 16.3 Å². The van der Waals surface area contributed by atoms with Crippen LogP contribution in [0.4, 0.5) is 0 Å². The van der Waals surface area contributed by atoms with Crippen molar-refractivity contribution in [2.24, 2.45) is 0 Å². The minimum Gasteiger partial charge on any atom is -0.451 e.